The van der Waals surface area contributed by atoms with Gasteiger partial charge in [0.1, 0.15) is 11.4 Å². The number of aliphatic carboxylic acids is 1. The van der Waals surface area contributed by atoms with Gasteiger partial charge in [-0.25, -0.2) is 9.18 Å². The summed E-state index contributed by atoms with van der Waals surface area (Å²) in [4.78, 5) is 24.7. The van der Waals surface area contributed by atoms with E-state index in [1.165, 1.54) is 19.9 Å². The Balaban J connectivity index is 3.24. The molecule has 1 aromatic rings. The molecule has 0 radical (unpaired) electrons. The average Bonchev–Trinajstić information content (AvgIpc) is 2.32. The predicted molar refractivity (Wildman–Crippen MR) is 69.6 cm³/mol. The van der Waals surface area contributed by atoms with E-state index in [1.807, 2.05) is 0 Å². The largest absolute Gasteiger partial charge is 0.480 e. The number of halogens is 1. The Bertz CT molecular complexity index is 511. The molecular weight excluding hydrogens is 249 g/mol. The number of nitrogens with zero attached hydrogens (tertiary/aromatic N) is 1. The fourth-order valence-electron chi connectivity index (χ4n) is 1.87. The first kappa shape index (κ1) is 15.1. The molecule has 0 bridgehead atoms. The third kappa shape index (κ3) is 2.75. The van der Waals surface area contributed by atoms with Gasteiger partial charge in [-0.2, -0.15) is 0 Å². The van der Waals surface area contributed by atoms with Gasteiger partial charge >= 0.3 is 5.97 Å². The van der Waals surface area contributed by atoms with Gasteiger partial charge in [0.2, 0.25) is 0 Å². The normalized spacial score (nSPS) is 11.2. The lowest BCUT2D eigenvalue weighted by atomic mass is 10.0. The number of rotatable bonds is 4. The van der Waals surface area contributed by atoms with Crippen molar-refractivity contribution >= 4 is 11.9 Å². The first-order valence-electron chi connectivity index (χ1n) is 6.04. The van der Waals surface area contributed by atoms with Gasteiger partial charge in [0.05, 0.1) is 5.56 Å². The van der Waals surface area contributed by atoms with Gasteiger partial charge in [-0.1, -0.05) is 12.1 Å². The number of hydrogen-bond acceptors (Lipinski definition) is 2. The number of carboxylic acids is 1. The highest BCUT2D eigenvalue weighted by Crippen LogP contribution is 2.21. The summed E-state index contributed by atoms with van der Waals surface area (Å²) in [5.74, 6) is -2.35. The van der Waals surface area contributed by atoms with Crippen LogP contribution in [0.5, 0.6) is 0 Å². The summed E-state index contributed by atoms with van der Waals surface area (Å²) in [5.41, 5.74) is -1.13. The predicted octanol–water partition coefficient (Wildman–Crippen LogP) is 2.46. The summed E-state index contributed by atoms with van der Waals surface area (Å²) in [6.07, 6.45) is 0. The standard InChI is InChI=1S/C14H18FNO3/c1-5-16(14(3,4)13(18)19)12(17)10-8-6-7-9(2)11(10)15/h6-8H,5H2,1-4H3,(H,18,19). The molecule has 1 rings (SSSR count). The number of amides is 1. The number of likely N-dealkylation sites (N-methyl/N-ethyl adjacent to an activating group) is 1. The molecule has 1 amide bonds. The third-order valence-corrected chi connectivity index (χ3v) is 3.18. The van der Waals surface area contributed by atoms with Crippen molar-refractivity contribution in [1.29, 1.82) is 0 Å². The van der Waals surface area contributed by atoms with Crippen molar-refractivity contribution in [3.8, 4) is 0 Å². The van der Waals surface area contributed by atoms with Crippen LogP contribution in [0.1, 0.15) is 36.7 Å². The maximum Gasteiger partial charge on any atom is 0.329 e. The third-order valence-electron chi connectivity index (χ3n) is 3.18. The lowest BCUT2D eigenvalue weighted by Crippen LogP contribution is -2.53. The highest BCUT2D eigenvalue weighted by atomic mass is 19.1. The van der Waals surface area contributed by atoms with Crippen molar-refractivity contribution in [3.05, 3.63) is 35.1 Å². The SMILES string of the molecule is CCN(C(=O)c1cccc(C)c1F)C(C)(C)C(=O)O. The Morgan fingerprint density at radius 3 is 2.42 bits per heavy atom. The minimum absolute atomic E-state index is 0.101. The summed E-state index contributed by atoms with van der Waals surface area (Å²) >= 11 is 0. The van der Waals surface area contributed by atoms with Crippen molar-refractivity contribution in [3.63, 3.8) is 0 Å². The monoisotopic (exact) mass is 267 g/mol. The Morgan fingerprint density at radius 2 is 1.95 bits per heavy atom. The molecule has 1 N–H and O–H groups in total. The van der Waals surface area contributed by atoms with Crippen molar-refractivity contribution in [2.24, 2.45) is 0 Å². The molecule has 104 valence electrons. The van der Waals surface area contributed by atoms with Crippen molar-refractivity contribution in [2.75, 3.05) is 6.54 Å². The Morgan fingerprint density at radius 1 is 1.37 bits per heavy atom. The van der Waals surface area contributed by atoms with Gasteiger partial charge < -0.3 is 10.0 Å². The van der Waals surface area contributed by atoms with Crippen molar-refractivity contribution in [1.82, 2.24) is 4.90 Å². The summed E-state index contributed by atoms with van der Waals surface area (Å²) in [6.45, 7) is 6.25. The molecule has 0 aliphatic heterocycles. The summed E-state index contributed by atoms with van der Waals surface area (Å²) in [5, 5.41) is 9.17. The molecule has 4 nitrogen and oxygen atoms in total. The molecule has 0 saturated carbocycles. The topological polar surface area (TPSA) is 57.6 Å². The van der Waals surface area contributed by atoms with E-state index in [2.05, 4.69) is 0 Å². The van der Waals surface area contributed by atoms with Gasteiger partial charge in [-0.3, -0.25) is 4.79 Å². The van der Waals surface area contributed by atoms with Gasteiger partial charge in [-0.15, -0.1) is 0 Å². The zero-order valence-electron chi connectivity index (χ0n) is 11.5. The molecule has 0 aliphatic rings. The van der Waals surface area contributed by atoms with Gasteiger partial charge in [0, 0.05) is 6.54 Å². The lowest BCUT2D eigenvalue weighted by Gasteiger charge is -2.34. The van der Waals surface area contributed by atoms with Crippen LogP contribution >= 0.6 is 0 Å². The van der Waals surface area contributed by atoms with E-state index in [0.29, 0.717) is 5.56 Å². The molecule has 0 heterocycles. The van der Waals surface area contributed by atoms with Crippen LogP contribution in [0.2, 0.25) is 0 Å². The Hall–Kier alpha value is -1.91. The van der Waals surface area contributed by atoms with Crippen molar-refractivity contribution < 1.29 is 19.1 Å². The molecule has 0 atom stereocenters. The second-order valence-corrected chi connectivity index (χ2v) is 4.85. The molecule has 19 heavy (non-hydrogen) atoms. The van der Waals surface area contributed by atoms with E-state index in [-0.39, 0.29) is 12.1 Å². The van der Waals surface area contributed by atoms with E-state index >= 15 is 0 Å². The number of aryl methyl sites for hydroxylation is 1. The minimum atomic E-state index is -1.39. The number of benzene rings is 1. The molecule has 0 unspecified atom stereocenters. The van der Waals surface area contributed by atoms with Crippen LogP contribution in [0.25, 0.3) is 0 Å². The van der Waals surface area contributed by atoms with E-state index < -0.39 is 23.2 Å². The van der Waals surface area contributed by atoms with Crippen LogP contribution in [-0.2, 0) is 4.79 Å². The van der Waals surface area contributed by atoms with E-state index in [0.717, 1.165) is 4.90 Å². The minimum Gasteiger partial charge on any atom is -0.480 e. The molecule has 0 spiro atoms. The van der Waals surface area contributed by atoms with E-state index in [1.54, 1.807) is 26.0 Å². The number of carbonyl (C=O) groups excluding carboxylic acids is 1. The quantitative estimate of drug-likeness (QED) is 0.911. The summed E-state index contributed by atoms with van der Waals surface area (Å²) in [6, 6.07) is 4.50. The number of hydrogen-bond donors (Lipinski definition) is 1. The first-order chi connectivity index (χ1) is 8.73. The molecule has 0 aliphatic carbocycles. The Kier molecular flexibility index (Phi) is 4.29. The highest BCUT2D eigenvalue weighted by molar-refractivity contribution is 5.98. The average molecular weight is 267 g/mol. The van der Waals surface area contributed by atoms with Crippen LogP contribution in [0.3, 0.4) is 0 Å². The van der Waals surface area contributed by atoms with Gasteiger partial charge in [0.25, 0.3) is 5.91 Å². The fourth-order valence-corrected chi connectivity index (χ4v) is 1.87. The smallest absolute Gasteiger partial charge is 0.329 e. The lowest BCUT2D eigenvalue weighted by molar-refractivity contribution is -0.147. The van der Waals surface area contributed by atoms with Crippen LogP contribution in [0, 0.1) is 12.7 Å². The maximum absolute atomic E-state index is 13.9. The van der Waals surface area contributed by atoms with Gasteiger partial charge in [-0.05, 0) is 39.3 Å². The zero-order valence-corrected chi connectivity index (χ0v) is 11.5. The van der Waals surface area contributed by atoms with Crippen LogP contribution < -0.4 is 0 Å². The van der Waals surface area contributed by atoms with Crippen molar-refractivity contribution in [2.45, 2.75) is 33.2 Å². The second kappa shape index (κ2) is 5.38. The molecule has 1 aromatic carbocycles. The number of carboxylic acid groups (broad SMARTS) is 1. The zero-order chi connectivity index (χ0) is 14.8. The summed E-state index contributed by atoms with van der Waals surface area (Å²) in [7, 11) is 0. The fraction of sp³-hybridized carbons (Fsp3) is 0.429. The maximum atomic E-state index is 13.9. The highest BCUT2D eigenvalue weighted by Gasteiger charge is 2.38. The van der Waals surface area contributed by atoms with Gasteiger partial charge in [0.15, 0.2) is 0 Å². The molecule has 0 saturated heterocycles. The second-order valence-electron chi connectivity index (χ2n) is 4.85. The number of carbonyl (C=O) groups is 2. The van der Waals surface area contributed by atoms with Crippen LogP contribution in [0.4, 0.5) is 4.39 Å². The van der Waals surface area contributed by atoms with E-state index in [4.69, 9.17) is 0 Å². The molecule has 0 fully saturated rings. The van der Waals surface area contributed by atoms with Crippen LogP contribution in [-0.4, -0.2) is 34.0 Å². The molecule has 0 aromatic heterocycles. The van der Waals surface area contributed by atoms with E-state index in [9.17, 15) is 19.1 Å². The summed E-state index contributed by atoms with van der Waals surface area (Å²) < 4.78 is 13.9. The Labute approximate surface area is 111 Å². The molecule has 5 heteroatoms. The first-order valence-corrected chi connectivity index (χ1v) is 6.04. The molecular formula is C14H18FNO3. The van der Waals surface area contributed by atoms with Crippen LogP contribution in [0.15, 0.2) is 18.2 Å².